The second-order valence-electron chi connectivity index (χ2n) is 5.90. The van der Waals surface area contributed by atoms with Gasteiger partial charge < -0.3 is 14.9 Å². The highest BCUT2D eigenvalue weighted by Crippen LogP contribution is 2.41. The summed E-state index contributed by atoms with van der Waals surface area (Å²) in [6.07, 6.45) is 1.55. The zero-order chi connectivity index (χ0) is 14.9. The van der Waals surface area contributed by atoms with Gasteiger partial charge in [-0.05, 0) is 55.0 Å². The third-order valence-electron chi connectivity index (χ3n) is 4.22. The van der Waals surface area contributed by atoms with Gasteiger partial charge in [0.25, 0.3) is 0 Å². The van der Waals surface area contributed by atoms with Gasteiger partial charge in [-0.15, -0.1) is 0 Å². The van der Waals surface area contributed by atoms with Crippen LogP contribution in [-0.4, -0.2) is 16.8 Å². The van der Waals surface area contributed by atoms with Crippen LogP contribution in [0, 0.1) is 0 Å². The average Bonchev–Trinajstić information content (AvgIpc) is 2.48. The fourth-order valence-corrected chi connectivity index (χ4v) is 3.05. The van der Waals surface area contributed by atoms with E-state index in [0.29, 0.717) is 13.0 Å². The fraction of sp³-hybridized carbons (Fsp3) is 0.333. The molecule has 1 aliphatic heterocycles. The summed E-state index contributed by atoms with van der Waals surface area (Å²) in [7, 11) is 0. The van der Waals surface area contributed by atoms with E-state index < -0.39 is 5.60 Å². The maximum absolute atomic E-state index is 10.8. The Kier molecular flexibility index (Phi) is 3.60. The molecule has 0 amide bonds. The Morgan fingerprint density at radius 1 is 1.14 bits per heavy atom. The normalized spacial score (nSPS) is 20.2. The van der Waals surface area contributed by atoms with E-state index in [1.807, 2.05) is 25.1 Å². The van der Waals surface area contributed by atoms with Crippen molar-refractivity contribution in [1.82, 2.24) is 0 Å². The van der Waals surface area contributed by atoms with Gasteiger partial charge >= 0.3 is 0 Å². The SMILES string of the molecule is CC(O)(CC1CCOc2ccccc21)c1ccc(O)cc1. The smallest absolute Gasteiger partial charge is 0.122 e. The number of hydrogen-bond acceptors (Lipinski definition) is 3. The Balaban J connectivity index is 1.84. The molecule has 21 heavy (non-hydrogen) atoms. The number of benzene rings is 2. The number of fused-ring (bicyclic) bond motifs is 1. The summed E-state index contributed by atoms with van der Waals surface area (Å²) in [4.78, 5) is 0. The summed E-state index contributed by atoms with van der Waals surface area (Å²) in [6, 6.07) is 14.8. The van der Waals surface area contributed by atoms with Crippen molar-refractivity contribution in [2.45, 2.75) is 31.3 Å². The number of hydrogen-bond donors (Lipinski definition) is 2. The van der Waals surface area contributed by atoms with Gasteiger partial charge in [-0.2, -0.15) is 0 Å². The van der Waals surface area contributed by atoms with Crippen molar-refractivity contribution >= 4 is 0 Å². The molecule has 3 rings (SSSR count). The van der Waals surface area contributed by atoms with E-state index in [1.54, 1.807) is 24.3 Å². The molecule has 3 nitrogen and oxygen atoms in total. The number of phenolic OH excluding ortho intramolecular Hbond substituents is 1. The van der Waals surface area contributed by atoms with Crippen molar-refractivity contribution in [3.63, 3.8) is 0 Å². The predicted octanol–water partition coefficient (Wildman–Crippen LogP) is 3.56. The van der Waals surface area contributed by atoms with E-state index >= 15 is 0 Å². The maximum atomic E-state index is 10.8. The first-order valence-corrected chi connectivity index (χ1v) is 7.30. The van der Waals surface area contributed by atoms with Crippen LogP contribution in [0.4, 0.5) is 0 Å². The Hall–Kier alpha value is -2.00. The highest BCUT2D eigenvalue weighted by atomic mass is 16.5. The van der Waals surface area contributed by atoms with Crippen LogP contribution in [0.5, 0.6) is 11.5 Å². The first kappa shape index (κ1) is 14.0. The van der Waals surface area contributed by atoms with E-state index in [9.17, 15) is 10.2 Å². The number of aromatic hydroxyl groups is 1. The molecule has 0 bridgehead atoms. The van der Waals surface area contributed by atoms with Crippen molar-refractivity contribution in [1.29, 1.82) is 0 Å². The average molecular weight is 284 g/mol. The lowest BCUT2D eigenvalue weighted by Crippen LogP contribution is -2.26. The Morgan fingerprint density at radius 2 is 1.86 bits per heavy atom. The van der Waals surface area contributed by atoms with E-state index in [1.165, 1.54) is 5.56 Å². The van der Waals surface area contributed by atoms with E-state index in [2.05, 4.69) is 6.07 Å². The van der Waals surface area contributed by atoms with Gasteiger partial charge in [0.05, 0.1) is 12.2 Å². The molecule has 3 heteroatoms. The molecule has 2 aromatic rings. The molecule has 0 aromatic heterocycles. The van der Waals surface area contributed by atoms with Crippen LogP contribution >= 0.6 is 0 Å². The minimum Gasteiger partial charge on any atom is -0.508 e. The molecule has 0 saturated heterocycles. The summed E-state index contributed by atoms with van der Waals surface area (Å²) < 4.78 is 5.67. The quantitative estimate of drug-likeness (QED) is 0.906. The standard InChI is InChI=1S/C18H20O3/c1-18(20,14-6-8-15(19)9-7-14)12-13-10-11-21-17-5-3-2-4-16(13)17/h2-9,13,19-20H,10-12H2,1H3. The molecule has 1 heterocycles. The molecule has 0 fully saturated rings. The third-order valence-corrected chi connectivity index (χ3v) is 4.22. The van der Waals surface area contributed by atoms with Crippen LogP contribution < -0.4 is 4.74 Å². The van der Waals surface area contributed by atoms with Crippen LogP contribution in [0.2, 0.25) is 0 Å². The number of para-hydroxylation sites is 1. The summed E-state index contributed by atoms with van der Waals surface area (Å²) in [5, 5.41) is 20.2. The Bertz CT molecular complexity index is 617. The van der Waals surface area contributed by atoms with Crippen LogP contribution in [-0.2, 0) is 5.60 Å². The van der Waals surface area contributed by atoms with Gasteiger partial charge in [0.15, 0.2) is 0 Å². The largest absolute Gasteiger partial charge is 0.508 e. The highest BCUT2D eigenvalue weighted by molar-refractivity contribution is 5.38. The number of rotatable bonds is 3. The van der Waals surface area contributed by atoms with E-state index in [-0.39, 0.29) is 11.7 Å². The van der Waals surface area contributed by atoms with Gasteiger partial charge in [-0.1, -0.05) is 30.3 Å². The van der Waals surface area contributed by atoms with Crippen LogP contribution in [0.15, 0.2) is 48.5 Å². The van der Waals surface area contributed by atoms with Crippen LogP contribution in [0.3, 0.4) is 0 Å². The van der Waals surface area contributed by atoms with Crippen molar-refractivity contribution in [2.24, 2.45) is 0 Å². The molecular formula is C18H20O3. The molecule has 2 unspecified atom stereocenters. The summed E-state index contributed by atoms with van der Waals surface area (Å²) in [5.74, 6) is 1.42. The Morgan fingerprint density at radius 3 is 2.62 bits per heavy atom. The number of ether oxygens (including phenoxy) is 1. The molecule has 2 aromatic carbocycles. The third kappa shape index (κ3) is 2.88. The molecule has 0 saturated carbocycles. The molecule has 2 atom stereocenters. The molecule has 0 radical (unpaired) electrons. The summed E-state index contributed by atoms with van der Waals surface area (Å²) in [6.45, 7) is 2.52. The minimum absolute atomic E-state index is 0.214. The lowest BCUT2D eigenvalue weighted by Gasteiger charge is -2.32. The van der Waals surface area contributed by atoms with Crippen molar-refractivity contribution in [2.75, 3.05) is 6.61 Å². The zero-order valence-electron chi connectivity index (χ0n) is 12.1. The topological polar surface area (TPSA) is 49.7 Å². The van der Waals surface area contributed by atoms with Crippen molar-refractivity contribution in [3.05, 3.63) is 59.7 Å². The van der Waals surface area contributed by atoms with Gasteiger partial charge in [0, 0.05) is 0 Å². The predicted molar refractivity (Wildman–Crippen MR) is 81.6 cm³/mol. The minimum atomic E-state index is -0.928. The van der Waals surface area contributed by atoms with Gasteiger partial charge in [0.2, 0.25) is 0 Å². The van der Waals surface area contributed by atoms with Gasteiger partial charge in [-0.25, -0.2) is 0 Å². The fourth-order valence-electron chi connectivity index (χ4n) is 3.05. The molecule has 0 aliphatic carbocycles. The first-order chi connectivity index (χ1) is 10.1. The second kappa shape index (κ2) is 5.41. The lowest BCUT2D eigenvalue weighted by atomic mass is 9.80. The number of phenols is 1. The van der Waals surface area contributed by atoms with Crippen molar-refractivity contribution in [3.8, 4) is 11.5 Å². The molecular weight excluding hydrogens is 264 g/mol. The summed E-state index contributed by atoms with van der Waals surface area (Å²) in [5.41, 5.74) is 1.06. The van der Waals surface area contributed by atoms with E-state index in [0.717, 1.165) is 17.7 Å². The zero-order valence-corrected chi connectivity index (χ0v) is 12.1. The van der Waals surface area contributed by atoms with Gasteiger partial charge in [0.1, 0.15) is 11.5 Å². The van der Waals surface area contributed by atoms with Crippen LogP contribution in [0.1, 0.15) is 36.8 Å². The van der Waals surface area contributed by atoms with Crippen molar-refractivity contribution < 1.29 is 14.9 Å². The lowest BCUT2D eigenvalue weighted by molar-refractivity contribution is 0.0352. The second-order valence-corrected chi connectivity index (χ2v) is 5.90. The Labute approximate surface area is 124 Å². The molecule has 0 spiro atoms. The monoisotopic (exact) mass is 284 g/mol. The van der Waals surface area contributed by atoms with Gasteiger partial charge in [-0.3, -0.25) is 0 Å². The molecule has 110 valence electrons. The van der Waals surface area contributed by atoms with Crippen LogP contribution in [0.25, 0.3) is 0 Å². The highest BCUT2D eigenvalue weighted by Gasteiger charge is 2.31. The first-order valence-electron chi connectivity index (χ1n) is 7.30. The number of aliphatic hydroxyl groups is 1. The summed E-state index contributed by atoms with van der Waals surface area (Å²) >= 11 is 0. The molecule has 2 N–H and O–H groups in total. The maximum Gasteiger partial charge on any atom is 0.122 e. The van der Waals surface area contributed by atoms with E-state index in [4.69, 9.17) is 4.74 Å². The molecule has 1 aliphatic rings.